The third-order valence-electron chi connectivity index (χ3n) is 3.54. The SMILES string of the molecule is CC(=O)c1csc(C(=O)NCC2CCCC(O)C2)c1. The molecule has 0 saturated heterocycles. The molecule has 2 unspecified atom stereocenters. The summed E-state index contributed by atoms with van der Waals surface area (Å²) in [6.07, 6.45) is 3.50. The van der Waals surface area contributed by atoms with Crippen molar-refractivity contribution < 1.29 is 14.7 Å². The Morgan fingerprint density at radius 1 is 1.47 bits per heavy atom. The predicted molar refractivity (Wildman–Crippen MR) is 74.6 cm³/mol. The number of hydrogen-bond acceptors (Lipinski definition) is 4. The van der Waals surface area contributed by atoms with E-state index in [0.29, 0.717) is 22.9 Å². The van der Waals surface area contributed by atoms with Gasteiger partial charge in [0.25, 0.3) is 5.91 Å². The van der Waals surface area contributed by atoms with Gasteiger partial charge in [-0.3, -0.25) is 9.59 Å². The third-order valence-corrected chi connectivity index (χ3v) is 4.47. The van der Waals surface area contributed by atoms with Gasteiger partial charge in [0.1, 0.15) is 0 Å². The number of aliphatic hydroxyl groups excluding tert-OH is 1. The lowest BCUT2D eigenvalue weighted by molar-refractivity contribution is 0.0876. The average Bonchev–Trinajstić information content (AvgIpc) is 2.86. The molecule has 1 aliphatic carbocycles. The van der Waals surface area contributed by atoms with E-state index < -0.39 is 0 Å². The summed E-state index contributed by atoms with van der Waals surface area (Å²) < 4.78 is 0. The Bertz CT molecular complexity index is 469. The van der Waals surface area contributed by atoms with Crippen molar-refractivity contribution in [1.29, 1.82) is 0 Å². The summed E-state index contributed by atoms with van der Waals surface area (Å²) in [5.74, 6) is 0.211. The van der Waals surface area contributed by atoms with E-state index in [0.717, 1.165) is 25.7 Å². The molecule has 0 radical (unpaired) electrons. The van der Waals surface area contributed by atoms with E-state index in [1.54, 1.807) is 11.4 Å². The summed E-state index contributed by atoms with van der Waals surface area (Å²) in [6, 6.07) is 1.64. The zero-order chi connectivity index (χ0) is 13.8. The highest BCUT2D eigenvalue weighted by Crippen LogP contribution is 2.23. The first-order chi connectivity index (χ1) is 9.06. The third kappa shape index (κ3) is 3.88. The molecule has 1 fully saturated rings. The second kappa shape index (κ2) is 6.30. The molecule has 104 valence electrons. The first kappa shape index (κ1) is 14.2. The number of aliphatic hydroxyl groups is 1. The van der Waals surface area contributed by atoms with Crippen molar-refractivity contribution in [1.82, 2.24) is 5.32 Å². The Morgan fingerprint density at radius 3 is 2.89 bits per heavy atom. The van der Waals surface area contributed by atoms with Crippen LogP contribution in [-0.4, -0.2) is 29.4 Å². The zero-order valence-corrected chi connectivity index (χ0v) is 11.8. The summed E-state index contributed by atoms with van der Waals surface area (Å²) in [5, 5.41) is 14.2. The minimum absolute atomic E-state index is 0.0225. The fourth-order valence-electron chi connectivity index (χ4n) is 2.41. The molecule has 4 nitrogen and oxygen atoms in total. The Balaban J connectivity index is 1.85. The molecule has 0 bridgehead atoms. The highest BCUT2D eigenvalue weighted by atomic mass is 32.1. The van der Waals surface area contributed by atoms with Crippen LogP contribution < -0.4 is 5.32 Å². The molecular weight excluding hydrogens is 262 g/mol. The van der Waals surface area contributed by atoms with Gasteiger partial charge in [0.05, 0.1) is 11.0 Å². The molecule has 5 heteroatoms. The highest BCUT2D eigenvalue weighted by Gasteiger charge is 2.21. The van der Waals surface area contributed by atoms with E-state index in [1.807, 2.05) is 0 Å². The van der Waals surface area contributed by atoms with E-state index in [9.17, 15) is 14.7 Å². The minimum Gasteiger partial charge on any atom is -0.393 e. The highest BCUT2D eigenvalue weighted by molar-refractivity contribution is 7.12. The molecule has 0 spiro atoms. The van der Waals surface area contributed by atoms with Gasteiger partial charge >= 0.3 is 0 Å². The van der Waals surface area contributed by atoms with Gasteiger partial charge in [-0.25, -0.2) is 0 Å². The van der Waals surface area contributed by atoms with Crippen LogP contribution in [0.15, 0.2) is 11.4 Å². The lowest BCUT2D eigenvalue weighted by atomic mass is 9.87. The van der Waals surface area contributed by atoms with Gasteiger partial charge in [0.2, 0.25) is 0 Å². The molecule has 1 amide bonds. The summed E-state index contributed by atoms with van der Waals surface area (Å²) in [7, 11) is 0. The standard InChI is InChI=1S/C14H19NO3S/c1-9(16)11-6-13(19-8-11)14(18)15-7-10-3-2-4-12(17)5-10/h6,8,10,12,17H,2-5,7H2,1H3,(H,15,18). The summed E-state index contributed by atoms with van der Waals surface area (Å²) >= 11 is 1.29. The quantitative estimate of drug-likeness (QED) is 0.832. The molecule has 2 atom stereocenters. The molecule has 0 aromatic carbocycles. The minimum atomic E-state index is -0.221. The molecule has 2 rings (SSSR count). The summed E-state index contributed by atoms with van der Waals surface area (Å²) in [6.45, 7) is 2.09. The molecule has 1 saturated carbocycles. The van der Waals surface area contributed by atoms with Crippen LogP contribution in [0.2, 0.25) is 0 Å². The van der Waals surface area contributed by atoms with Crippen molar-refractivity contribution in [2.75, 3.05) is 6.54 Å². The zero-order valence-electron chi connectivity index (χ0n) is 11.0. The molecule has 2 N–H and O–H groups in total. The van der Waals surface area contributed by atoms with Gasteiger partial charge in [-0.15, -0.1) is 11.3 Å². The van der Waals surface area contributed by atoms with E-state index in [2.05, 4.69) is 5.32 Å². The normalized spacial score (nSPS) is 23.1. The maximum absolute atomic E-state index is 11.9. The number of thiophene rings is 1. The van der Waals surface area contributed by atoms with Crippen molar-refractivity contribution >= 4 is 23.0 Å². The van der Waals surface area contributed by atoms with Crippen molar-refractivity contribution in [3.63, 3.8) is 0 Å². The molecule has 1 aromatic heterocycles. The second-order valence-electron chi connectivity index (χ2n) is 5.15. The van der Waals surface area contributed by atoms with Crippen LogP contribution in [0, 0.1) is 5.92 Å². The van der Waals surface area contributed by atoms with E-state index in [-0.39, 0.29) is 17.8 Å². The number of nitrogens with one attached hydrogen (secondary N) is 1. The fourth-order valence-corrected chi connectivity index (χ4v) is 3.27. The molecule has 1 aliphatic rings. The number of amides is 1. The monoisotopic (exact) mass is 281 g/mol. The maximum Gasteiger partial charge on any atom is 0.261 e. The fraction of sp³-hybridized carbons (Fsp3) is 0.571. The van der Waals surface area contributed by atoms with Crippen molar-refractivity contribution in [3.05, 3.63) is 21.9 Å². The lowest BCUT2D eigenvalue weighted by Crippen LogP contribution is -2.32. The van der Waals surface area contributed by atoms with Crippen LogP contribution in [0.4, 0.5) is 0 Å². The van der Waals surface area contributed by atoms with Crippen LogP contribution in [0.25, 0.3) is 0 Å². The number of Topliss-reactive ketones (excluding diaryl/α,β-unsaturated/α-hetero) is 1. The van der Waals surface area contributed by atoms with Crippen LogP contribution >= 0.6 is 11.3 Å². The van der Waals surface area contributed by atoms with Crippen LogP contribution in [-0.2, 0) is 0 Å². The van der Waals surface area contributed by atoms with E-state index >= 15 is 0 Å². The van der Waals surface area contributed by atoms with Crippen LogP contribution in [0.1, 0.15) is 52.6 Å². The van der Waals surface area contributed by atoms with E-state index in [4.69, 9.17) is 0 Å². The van der Waals surface area contributed by atoms with Gasteiger partial charge in [-0.1, -0.05) is 6.42 Å². The largest absolute Gasteiger partial charge is 0.393 e. The van der Waals surface area contributed by atoms with Gasteiger partial charge < -0.3 is 10.4 Å². The van der Waals surface area contributed by atoms with Crippen LogP contribution in [0.5, 0.6) is 0 Å². The first-order valence-corrected chi connectivity index (χ1v) is 7.50. The Morgan fingerprint density at radius 2 is 2.26 bits per heavy atom. The molecular formula is C14H19NO3S. The van der Waals surface area contributed by atoms with Gasteiger partial charge in [-0.05, 0) is 38.2 Å². The van der Waals surface area contributed by atoms with Crippen molar-refractivity contribution in [3.8, 4) is 0 Å². The average molecular weight is 281 g/mol. The smallest absolute Gasteiger partial charge is 0.261 e. The Hall–Kier alpha value is -1.20. The van der Waals surface area contributed by atoms with Crippen LogP contribution in [0.3, 0.4) is 0 Å². The maximum atomic E-state index is 11.9. The number of hydrogen-bond donors (Lipinski definition) is 2. The van der Waals surface area contributed by atoms with Gasteiger partial charge in [0.15, 0.2) is 5.78 Å². The molecule has 1 heterocycles. The second-order valence-corrected chi connectivity index (χ2v) is 6.06. The van der Waals surface area contributed by atoms with Crippen molar-refractivity contribution in [2.45, 2.75) is 38.7 Å². The first-order valence-electron chi connectivity index (χ1n) is 6.62. The topological polar surface area (TPSA) is 66.4 Å². The van der Waals surface area contributed by atoms with E-state index in [1.165, 1.54) is 18.3 Å². The molecule has 19 heavy (non-hydrogen) atoms. The molecule has 1 aromatic rings. The molecule has 0 aliphatic heterocycles. The van der Waals surface area contributed by atoms with Gasteiger partial charge in [-0.2, -0.15) is 0 Å². The summed E-state index contributed by atoms with van der Waals surface area (Å²) in [4.78, 5) is 23.7. The van der Waals surface area contributed by atoms with Crippen molar-refractivity contribution in [2.24, 2.45) is 5.92 Å². The number of ketones is 1. The number of carbonyl (C=O) groups is 2. The lowest BCUT2D eigenvalue weighted by Gasteiger charge is -2.25. The van der Waals surface area contributed by atoms with Gasteiger partial charge in [0, 0.05) is 17.5 Å². The summed E-state index contributed by atoms with van der Waals surface area (Å²) in [5.41, 5.74) is 0.586. The number of rotatable bonds is 4. The predicted octanol–water partition coefficient (Wildman–Crippen LogP) is 2.23. The Kier molecular flexibility index (Phi) is 4.71. The Labute approximate surface area is 116 Å². The number of carbonyl (C=O) groups excluding carboxylic acids is 2.